The minimum absolute atomic E-state index is 0.0317. The van der Waals surface area contributed by atoms with E-state index in [2.05, 4.69) is 4.98 Å². The maximum atomic E-state index is 12.9. The summed E-state index contributed by atoms with van der Waals surface area (Å²) in [4.78, 5) is 41.1. The molecule has 2 heterocycles. The molecule has 1 aliphatic heterocycles. The van der Waals surface area contributed by atoms with Crippen molar-refractivity contribution in [2.24, 2.45) is 0 Å². The van der Waals surface area contributed by atoms with E-state index in [1.807, 2.05) is 18.2 Å². The molecule has 1 N–H and O–H groups in total. The Bertz CT molecular complexity index is 1140. The SMILES string of the molecule is COc1ccc2[nH]cc(C=C3CC(=O)N(c4ccc(C(C)=O)cc4)C3=O)c2c1. The molecule has 3 aromatic rings. The molecule has 0 saturated carbocycles. The molecule has 1 aliphatic rings. The van der Waals surface area contributed by atoms with Crippen molar-refractivity contribution in [3.63, 3.8) is 0 Å². The normalized spacial score (nSPS) is 15.6. The Kier molecular flexibility index (Phi) is 4.31. The molecule has 2 aromatic carbocycles. The number of carbonyl (C=O) groups excluding carboxylic acids is 3. The predicted molar refractivity (Wildman–Crippen MR) is 106 cm³/mol. The number of H-pyrrole nitrogens is 1. The van der Waals surface area contributed by atoms with Gasteiger partial charge in [0.05, 0.1) is 19.2 Å². The summed E-state index contributed by atoms with van der Waals surface area (Å²) in [5.41, 5.74) is 3.15. The molecule has 0 bridgehead atoms. The zero-order chi connectivity index (χ0) is 19.8. The van der Waals surface area contributed by atoms with Crippen LogP contribution in [0.1, 0.15) is 29.3 Å². The standard InChI is InChI=1S/C22H18N2O4/c1-13(25)14-3-5-17(6-4-14)24-21(26)10-15(22(24)27)9-16-12-23-20-8-7-18(28-2)11-19(16)20/h3-9,11-12,23H,10H2,1-2H3. The number of aromatic amines is 1. The number of hydrogen-bond acceptors (Lipinski definition) is 4. The van der Waals surface area contributed by atoms with Crippen molar-refractivity contribution < 1.29 is 19.1 Å². The number of benzene rings is 2. The number of amides is 2. The van der Waals surface area contributed by atoms with Crippen LogP contribution in [-0.4, -0.2) is 29.7 Å². The molecule has 1 fully saturated rings. The monoisotopic (exact) mass is 374 g/mol. The van der Waals surface area contributed by atoms with Gasteiger partial charge >= 0.3 is 0 Å². The van der Waals surface area contributed by atoms with E-state index in [1.165, 1.54) is 6.92 Å². The van der Waals surface area contributed by atoms with Gasteiger partial charge < -0.3 is 9.72 Å². The molecule has 140 valence electrons. The van der Waals surface area contributed by atoms with Crippen LogP contribution in [0.2, 0.25) is 0 Å². The van der Waals surface area contributed by atoms with Crippen LogP contribution in [0.4, 0.5) is 5.69 Å². The van der Waals surface area contributed by atoms with E-state index in [0.717, 1.165) is 21.4 Å². The zero-order valence-corrected chi connectivity index (χ0v) is 15.5. The molecule has 28 heavy (non-hydrogen) atoms. The highest BCUT2D eigenvalue weighted by atomic mass is 16.5. The molecule has 0 spiro atoms. The van der Waals surface area contributed by atoms with Crippen LogP contribution < -0.4 is 9.64 Å². The lowest BCUT2D eigenvalue weighted by Gasteiger charge is -2.13. The van der Waals surface area contributed by atoms with Gasteiger partial charge in [-0.2, -0.15) is 0 Å². The Morgan fingerprint density at radius 3 is 2.57 bits per heavy atom. The number of Topliss-reactive ketones (excluding diaryl/α,β-unsaturated/α-hetero) is 1. The molecule has 2 amide bonds. The second-order valence-corrected chi connectivity index (χ2v) is 6.64. The zero-order valence-electron chi connectivity index (χ0n) is 15.5. The fourth-order valence-electron chi connectivity index (χ4n) is 3.35. The van der Waals surface area contributed by atoms with Crippen LogP contribution in [0.15, 0.2) is 54.2 Å². The van der Waals surface area contributed by atoms with Gasteiger partial charge in [0.25, 0.3) is 5.91 Å². The van der Waals surface area contributed by atoms with E-state index in [4.69, 9.17) is 4.74 Å². The van der Waals surface area contributed by atoms with Gasteiger partial charge in [0, 0.05) is 33.8 Å². The number of nitrogens with one attached hydrogen (secondary N) is 1. The third kappa shape index (κ3) is 2.99. The number of imide groups is 1. The summed E-state index contributed by atoms with van der Waals surface area (Å²) in [6.07, 6.45) is 3.57. The van der Waals surface area contributed by atoms with Crippen LogP contribution in [0, 0.1) is 0 Å². The van der Waals surface area contributed by atoms with Crippen LogP contribution >= 0.6 is 0 Å². The number of ketones is 1. The summed E-state index contributed by atoms with van der Waals surface area (Å²) in [5, 5.41) is 0.913. The van der Waals surface area contributed by atoms with Crippen molar-refractivity contribution in [2.75, 3.05) is 12.0 Å². The van der Waals surface area contributed by atoms with Crippen molar-refractivity contribution in [1.82, 2.24) is 4.98 Å². The van der Waals surface area contributed by atoms with Gasteiger partial charge in [0.2, 0.25) is 5.91 Å². The summed E-state index contributed by atoms with van der Waals surface area (Å²) in [5.74, 6) is 0.0100. The first-order valence-electron chi connectivity index (χ1n) is 8.82. The van der Waals surface area contributed by atoms with Gasteiger partial charge in [-0.25, -0.2) is 4.90 Å². The first-order valence-corrected chi connectivity index (χ1v) is 8.82. The van der Waals surface area contributed by atoms with Gasteiger partial charge in [-0.1, -0.05) is 0 Å². The summed E-state index contributed by atoms with van der Waals surface area (Å²) in [6.45, 7) is 1.47. The Balaban J connectivity index is 1.68. The second-order valence-electron chi connectivity index (χ2n) is 6.64. The molecule has 0 unspecified atom stereocenters. The number of fused-ring (bicyclic) bond motifs is 1. The number of anilines is 1. The number of nitrogens with zero attached hydrogens (tertiary/aromatic N) is 1. The summed E-state index contributed by atoms with van der Waals surface area (Å²) < 4.78 is 5.27. The maximum absolute atomic E-state index is 12.9. The Morgan fingerprint density at radius 1 is 1.14 bits per heavy atom. The lowest BCUT2D eigenvalue weighted by Crippen LogP contribution is -2.28. The van der Waals surface area contributed by atoms with Crippen LogP contribution in [0.5, 0.6) is 5.75 Å². The maximum Gasteiger partial charge on any atom is 0.261 e. The number of ether oxygens (including phenoxy) is 1. The smallest absolute Gasteiger partial charge is 0.261 e. The van der Waals surface area contributed by atoms with Gasteiger partial charge in [-0.3, -0.25) is 14.4 Å². The quantitative estimate of drug-likeness (QED) is 0.429. The molecule has 6 heteroatoms. The van der Waals surface area contributed by atoms with E-state index >= 15 is 0 Å². The first-order chi connectivity index (χ1) is 13.5. The molecule has 6 nitrogen and oxygen atoms in total. The topological polar surface area (TPSA) is 79.5 Å². The molecular weight excluding hydrogens is 356 g/mol. The van der Waals surface area contributed by atoms with Crippen molar-refractivity contribution in [1.29, 1.82) is 0 Å². The summed E-state index contributed by atoms with van der Waals surface area (Å²) in [6, 6.07) is 12.1. The van der Waals surface area contributed by atoms with Gasteiger partial charge in [-0.05, 0) is 55.5 Å². The van der Waals surface area contributed by atoms with Gasteiger partial charge in [0.15, 0.2) is 5.78 Å². The van der Waals surface area contributed by atoms with E-state index < -0.39 is 0 Å². The largest absolute Gasteiger partial charge is 0.497 e. The van der Waals surface area contributed by atoms with Crippen molar-refractivity contribution in [3.05, 3.63) is 65.4 Å². The molecular formula is C22H18N2O4. The third-order valence-corrected chi connectivity index (χ3v) is 4.85. The Morgan fingerprint density at radius 2 is 1.89 bits per heavy atom. The average Bonchev–Trinajstić information content (AvgIpc) is 3.22. The predicted octanol–water partition coefficient (Wildman–Crippen LogP) is 3.73. The highest BCUT2D eigenvalue weighted by molar-refractivity contribution is 6.29. The molecule has 4 rings (SSSR count). The van der Waals surface area contributed by atoms with E-state index in [9.17, 15) is 14.4 Å². The highest BCUT2D eigenvalue weighted by Crippen LogP contribution is 2.30. The minimum Gasteiger partial charge on any atom is -0.497 e. The van der Waals surface area contributed by atoms with E-state index in [0.29, 0.717) is 22.6 Å². The lowest BCUT2D eigenvalue weighted by molar-refractivity contribution is -0.120. The number of carbonyl (C=O) groups is 3. The molecule has 0 aliphatic carbocycles. The van der Waals surface area contributed by atoms with Gasteiger partial charge in [0.1, 0.15) is 5.75 Å². The van der Waals surface area contributed by atoms with E-state index in [1.54, 1.807) is 43.6 Å². The Hall–Kier alpha value is -3.67. The molecule has 1 saturated heterocycles. The fourth-order valence-corrected chi connectivity index (χ4v) is 3.35. The number of aromatic nitrogens is 1. The van der Waals surface area contributed by atoms with Crippen molar-refractivity contribution in [3.8, 4) is 5.75 Å². The average molecular weight is 374 g/mol. The number of methoxy groups -OCH3 is 1. The molecule has 0 radical (unpaired) electrons. The first kappa shape index (κ1) is 17.7. The number of hydrogen-bond donors (Lipinski definition) is 1. The summed E-state index contributed by atoms with van der Waals surface area (Å²) >= 11 is 0. The molecule has 1 aromatic heterocycles. The minimum atomic E-state index is -0.349. The third-order valence-electron chi connectivity index (χ3n) is 4.85. The van der Waals surface area contributed by atoms with Crippen LogP contribution in [0.25, 0.3) is 17.0 Å². The van der Waals surface area contributed by atoms with Gasteiger partial charge in [-0.15, -0.1) is 0 Å². The Labute approximate surface area is 161 Å². The molecule has 0 atom stereocenters. The number of rotatable bonds is 4. The van der Waals surface area contributed by atoms with E-state index in [-0.39, 0.29) is 24.0 Å². The fraction of sp³-hybridized carbons (Fsp3) is 0.136. The second kappa shape index (κ2) is 6.81. The van der Waals surface area contributed by atoms with Crippen LogP contribution in [0.3, 0.4) is 0 Å². The highest BCUT2D eigenvalue weighted by Gasteiger charge is 2.35. The summed E-state index contributed by atoms with van der Waals surface area (Å²) in [7, 11) is 1.60. The lowest BCUT2D eigenvalue weighted by atomic mass is 10.1. The van der Waals surface area contributed by atoms with Crippen LogP contribution in [-0.2, 0) is 9.59 Å². The van der Waals surface area contributed by atoms with Crippen molar-refractivity contribution >= 4 is 40.3 Å². The van der Waals surface area contributed by atoms with Crippen molar-refractivity contribution in [2.45, 2.75) is 13.3 Å².